The number of hydrogen-bond donors (Lipinski definition) is 2. The van der Waals surface area contributed by atoms with Crippen molar-refractivity contribution < 1.29 is 14.6 Å². The van der Waals surface area contributed by atoms with Gasteiger partial charge < -0.3 is 15.2 Å². The highest BCUT2D eigenvalue weighted by atomic mass is 16.5. The van der Waals surface area contributed by atoms with Crippen molar-refractivity contribution in [1.82, 2.24) is 5.32 Å². The Morgan fingerprint density at radius 3 is 3.08 bits per heavy atom. The molecule has 0 aliphatic carbocycles. The molecule has 4 heteroatoms. The standard InChI is InChI=1S/C9H17NO3/c1-7(6-11)10-9(12)5-8-3-2-4-13-8/h7-8,11H,2-6H2,1H3,(H,10,12)/t7-,8?/m0/s1. The first-order chi connectivity index (χ1) is 6.22. The van der Waals surface area contributed by atoms with E-state index < -0.39 is 0 Å². The quantitative estimate of drug-likeness (QED) is 0.654. The van der Waals surface area contributed by atoms with E-state index in [0.717, 1.165) is 19.4 Å². The van der Waals surface area contributed by atoms with E-state index in [2.05, 4.69) is 5.32 Å². The summed E-state index contributed by atoms with van der Waals surface area (Å²) >= 11 is 0. The molecule has 2 atom stereocenters. The topological polar surface area (TPSA) is 58.6 Å². The van der Waals surface area contributed by atoms with Crippen molar-refractivity contribution in [2.75, 3.05) is 13.2 Å². The van der Waals surface area contributed by atoms with Gasteiger partial charge in [0.05, 0.1) is 19.1 Å². The van der Waals surface area contributed by atoms with Crippen LogP contribution in [-0.2, 0) is 9.53 Å². The number of amides is 1. The molecular formula is C9H17NO3. The van der Waals surface area contributed by atoms with Gasteiger partial charge in [-0.1, -0.05) is 0 Å². The molecular weight excluding hydrogens is 170 g/mol. The number of aliphatic hydroxyl groups is 1. The predicted molar refractivity (Wildman–Crippen MR) is 48.3 cm³/mol. The first-order valence-electron chi connectivity index (χ1n) is 4.74. The summed E-state index contributed by atoms with van der Waals surface area (Å²) in [5, 5.41) is 11.4. The van der Waals surface area contributed by atoms with Gasteiger partial charge in [0.15, 0.2) is 0 Å². The number of nitrogens with one attached hydrogen (secondary N) is 1. The van der Waals surface area contributed by atoms with E-state index in [0.29, 0.717) is 6.42 Å². The zero-order valence-corrected chi connectivity index (χ0v) is 7.95. The molecule has 1 rings (SSSR count). The fourth-order valence-electron chi connectivity index (χ4n) is 1.39. The summed E-state index contributed by atoms with van der Waals surface area (Å²) in [6, 6.07) is -0.158. The van der Waals surface area contributed by atoms with Crippen molar-refractivity contribution in [2.24, 2.45) is 0 Å². The van der Waals surface area contributed by atoms with Crippen molar-refractivity contribution in [3.8, 4) is 0 Å². The van der Waals surface area contributed by atoms with Crippen molar-refractivity contribution in [1.29, 1.82) is 0 Å². The Morgan fingerprint density at radius 2 is 2.54 bits per heavy atom. The average Bonchev–Trinajstić information content (AvgIpc) is 2.56. The van der Waals surface area contributed by atoms with Crippen LogP contribution in [0.2, 0.25) is 0 Å². The summed E-state index contributed by atoms with van der Waals surface area (Å²) in [7, 11) is 0. The number of ether oxygens (including phenoxy) is 1. The van der Waals surface area contributed by atoms with Crippen LogP contribution in [0.4, 0.5) is 0 Å². The Morgan fingerprint density at radius 1 is 1.77 bits per heavy atom. The van der Waals surface area contributed by atoms with E-state index in [4.69, 9.17) is 9.84 Å². The molecule has 0 bridgehead atoms. The van der Waals surface area contributed by atoms with Crippen molar-refractivity contribution in [2.45, 2.75) is 38.3 Å². The molecule has 0 radical (unpaired) electrons. The smallest absolute Gasteiger partial charge is 0.222 e. The lowest BCUT2D eigenvalue weighted by Gasteiger charge is -2.13. The SMILES string of the molecule is C[C@@H](CO)NC(=O)CC1CCCO1. The second kappa shape index (κ2) is 5.19. The Labute approximate surface area is 78.3 Å². The number of aliphatic hydroxyl groups excluding tert-OH is 1. The van der Waals surface area contributed by atoms with E-state index in [1.807, 2.05) is 0 Å². The highest BCUT2D eigenvalue weighted by molar-refractivity contribution is 5.76. The lowest BCUT2D eigenvalue weighted by atomic mass is 10.1. The maximum Gasteiger partial charge on any atom is 0.222 e. The van der Waals surface area contributed by atoms with Crippen LogP contribution in [-0.4, -0.2) is 36.4 Å². The summed E-state index contributed by atoms with van der Waals surface area (Å²) in [4.78, 5) is 11.3. The lowest BCUT2D eigenvalue weighted by Crippen LogP contribution is -2.36. The van der Waals surface area contributed by atoms with Crippen LogP contribution in [0.5, 0.6) is 0 Å². The Kier molecular flexibility index (Phi) is 4.18. The molecule has 0 aromatic heterocycles. The summed E-state index contributed by atoms with van der Waals surface area (Å²) < 4.78 is 5.32. The molecule has 1 fully saturated rings. The second-order valence-corrected chi connectivity index (χ2v) is 3.49. The van der Waals surface area contributed by atoms with Crippen LogP contribution in [0.15, 0.2) is 0 Å². The molecule has 0 spiro atoms. The minimum absolute atomic E-state index is 0.0166. The zero-order valence-electron chi connectivity index (χ0n) is 7.95. The first-order valence-corrected chi connectivity index (χ1v) is 4.74. The molecule has 1 saturated heterocycles. The number of carbonyl (C=O) groups excluding carboxylic acids is 1. The highest BCUT2D eigenvalue weighted by Gasteiger charge is 2.19. The third kappa shape index (κ3) is 3.74. The largest absolute Gasteiger partial charge is 0.394 e. The molecule has 1 heterocycles. The van der Waals surface area contributed by atoms with Gasteiger partial charge in [0.2, 0.25) is 5.91 Å². The highest BCUT2D eigenvalue weighted by Crippen LogP contribution is 2.14. The number of carbonyl (C=O) groups is 1. The number of hydrogen-bond acceptors (Lipinski definition) is 3. The van der Waals surface area contributed by atoms with Gasteiger partial charge in [-0.25, -0.2) is 0 Å². The fourth-order valence-corrected chi connectivity index (χ4v) is 1.39. The van der Waals surface area contributed by atoms with E-state index in [1.54, 1.807) is 6.92 Å². The molecule has 1 aliphatic heterocycles. The van der Waals surface area contributed by atoms with Crippen LogP contribution in [0.3, 0.4) is 0 Å². The zero-order chi connectivity index (χ0) is 9.68. The van der Waals surface area contributed by atoms with Gasteiger partial charge in [0, 0.05) is 12.6 Å². The van der Waals surface area contributed by atoms with Crippen molar-refractivity contribution in [3.05, 3.63) is 0 Å². The minimum Gasteiger partial charge on any atom is -0.394 e. The maximum absolute atomic E-state index is 11.3. The normalized spacial score (nSPS) is 24.3. The summed E-state index contributed by atoms with van der Waals surface area (Å²) in [5.74, 6) is -0.0338. The van der Waals surface area contributed by atoms with Gasteiger partial charge in [0.25, 0.3) is 0 Å². The van der Waals surface area contributed by atoms with E-state index in [9.17, 15) is 4.79 Å². The molecule has 0 aromatic carbocycles. The Hall–Kier alpha value is -0.610. The number of rotatable bonds is 4. The molecule has 2 N–H and O–H groups in total. The summed E-state index contributed by atoms with van der Waals surface area (Å²) in [6.45, 7) is 2.53. The van der Waals surface area contributed by atoms with Gasteiger partial charge in [-0.05, 0) is 19.8 Å². The molecule has 1 unspecified atom stereocenters. The molecule has 1 amide bonds. The van der Waals surface area contributed by atoms with E-state index in [-0.39, 0.29) is 24.7 Å². The Balaban J connectivity index is 2.16. The van der Waals surface area contributed by atoms with Crippen LogP contribution in [0.1, 0.15) is 26.2 Å². The van der Waals surface area contributed by atoms with Gasteiger partial charge in [-0.3, -0.25) is 4.79 Å². The third-order valence-corrected chi connectivity index (χ3v) is 2.12. The molecule has 0 saturated carbocycles. The van der Waals surface area contributed by atoms with Crippen LogP contribution < -0.4 is 5.32 Å². The minimum atomic E-state index is -0.158. The van der Waals surface area contributed by atoms with Crippen molar-refractivity contribution in [3.63, 3.8) is 0 Å². The molecule has 13 heavy (non-hydrogen) atoms. The van der Waals surface area contributed by atoms with Crippen LogP contribution in [0, 0.1) is 0 Å². The summed E-state index contributed by atoms with van der Waals surface area (Å²) in [5.41, 5.74) is 0. The van der Waals surface area contributed by atoms with E-state index >= 15 is 0 Å². The molecule has 0 aromatic rings. The monoisotopic (exact) mass is 187 g/mol. The second-order valence-electron chi connectivity index (χ2n) is 3.49. The summed E-state index contributed by atoms with van der Waals surface area (Å²) in [6.07, 6.45) is 2.53. The Bertz CT molecular complexity index is 166. The first kappa shape index (κ1) is 10.5. The predicted octanol–water partition coefficient (Wildman–Crippen LogP) is 0.0525. The fraction of sp³-hybridized carbons (Fsp3) is 0.889. The van der Waals surface area contributed by atoms with E-state index in [1.165, 1.54) is 0 Å². The molecule has 76 valence electrons. The lowest BCUT2D eigenvalue weighted by molar-refractivity contribution is -0.124. The van der Waals surface area contributed by atoms with Crippen LogP contribution >= 0.6 is 0 Å². The van der Waals surface area contributed by atoms with Gasteiger partial charge >= 0.3 is 0 Å². The maximum atomic E-state index is 11.3. The van der Waals surface area contributed by atoms with Crippen molar-refractivity contribution >= 4 is 5.91 Å². The van der Waals surface area contributed by atoms with Crippen LogP contribution in [0.25, 0.3) is 0 Å². The van der Waals surface area contributed by atoms with Gasteiger partial charge in [-0.15, -0.1) is 0 Å². The average molecular weight is 187 g/mol. The molecule has 4 nitrogen and oxygen atoms in total. The third-order valence-electron chi connectivity index (χ3n) is 2.12. The molecule has 1 aliphatic rings. The van der Waals surface area contributed by atoms with Gasteiger partial charge in [-0.2, -0.15) is 0 Å². The van der Waals surface area contributed by atoms with Gasteiger partial charge in [0.1, 0.15) is 0 Å².